The number of halogens is 2. The zero-order valence-corrected chi connectivity index (χ0v) is 14.9. The Morgan fingerprint density at radius 3 is 2.43 bits per heavy atom. The van der Waals surface area contributed by atoms with Crippen LogP contribution in [-0.2, 0) is 4.79 Å². The standard InChI is InChI=1S/C17H17F2N3O6/c1-26-13-6-3-10(7-15(13)28-17(18)19)20-9-16(23)21-12-5-4-11(22(24)25)8-14(12)27-2/h3-8,17,20H,9H2,1-2H3,(H,21,23). The molecule has 0 aliphatic carbocycles. The summed E-state index contributed by atoms with van der Waals surface area (Å²) in [7, 11) is 2.63. The number of rotatable bonds is 9. The molecule has 2 aromatic carbocycles. The molecule has 0 bridgehead atoms. The number of benzene rings is 2. The van der Waals surface area contributed by atoms with Gasteiger partial charge in [-0.05, 0) is 18.2 Å². The SMILES string of the molecule is COc1cc([N+](=O)[O-])ccc1NC(=O)CNc1ccc(OC)c(OC(F)F)c1. The number of hydrogen-bond donors (Lipinski definition) is 2. The van der Waals surface area contributed by atoms with E-state index in [1.54, 1.807) is 0 Å². The molecule has 0 saturated heterocycles. The maximum Gasteiger partial charge on any atom is 0.387 e. The van der Waals surface area contributed by atoms with Crippen molar-refractivity contribution in [2.24, 2.45) is 0 Å². The van der Waals surface area contributed by atoms with E-state index >= 15 is 0 Å². The van der Waals surface area contributed by atoms with Crippen molar-refractivity contribution in [2.45, 2.75) is 6.61 Å². The Bertz CT molecular complexity index is 863. The van der Waals surface area contributed by atoms with E-state index in [9.17, 15) is 23.7 Å². The fourth-order valence-electron chi connectivity index (χ4n) is 2.25. The number of non-ortho nitro benzene ring substituents is 1. The highest BCUT2D eigenvalue weighted by atomic mass is 19.3. The monoisotopic (exact) mass is 397 g/mol. The second-order valence-corrected chi connectivity index (χ2v) is 5.29. The Kier molecular flexibility index (Phi) is 6.90. The minimum absolute atomic E-state index is 0.117. The Labute approximate surface area is 158 Å². The molecule has 2 N–H and O–H groups in total. The van der Waals surface area contributed by atoms with E-state index in [1.165, 1.54) is 50.6 Å². The normalized spacial score (nSPS) is 10.3. The average Bonchev–Trinajstić information content (AvgIpc) is 2.66. The van der Waals surface area contributed by atoms with Crippen LogP contribution in [0.1, 0.15) is 0 Å². The van der Waals surface area contributed by atoms with Gasteiger partial charge in [-0.25, -0.2) is 0 Å². The molecule has 0 atom stereocenters. The number of alkyl halides is 2. The van der Waals surface area contributed by atoms with E-state index in [4.69, 9.17) is 9.47 Å². The molecule has 28 heavy (non-hydrogen) atoms. The largest absolute Gasteiger partial charge is 0.494 e. The molecular formula is C17H17F2N3O6. The Morgan fingerprint density at radius 1 is 1.11 bits per heavy atom. The quantitative estimate of drug-likeness (QED) is 0.493. The Balaban J connectivity index is 2.03. The summed E-state index contributed by atoms with van der Waals surface area (Å²) >= 11 is 0. The van der Waals surface area contributed by atoms with Gasteiger partial charge in [0.2, 0.25) is 5.91 Å². The summed E-state index contributed by atoms with van der Waals surface area (Å²) in [4.78, 5) is 22.3. The molecule has 0 aromatic heterocycles. The summed E-state index contributed by atoms with van der Waals surface area (Å²) in [6.07, 6.45) is 0. The van der Waals surface area contributed by atoms with E-state index in [0.29, 0.717) is 5.69 Å². The number of anilines is 2. The van der Waals surface area contributed by atoms with E-state index in [2.05, 4.69) is 15.4 Å². The van der Waals surface area contributed by atoms with Gasteiger partial charge in [0.1, 0.15) is 5.75 Å². The van der Waals surface area contributed by atoms with Gasteiger partial charge in [-0.15, -0.1) is 0 Å². The minimum atomic E-state index is -3.03. The van der Waals surface area contributed by atoms with Gasteiger partial charge < -0.3 is 24.8 Å². The van der Waals surface area contributed by atoms with Crippen LogP contribution in [0.25, 0.3) is 0 Å². The smallest absolute Gasteiger partial charge is 0.387 e. The molecule has 0 heterocycles. The Hall–Kier alpha value is -3.63. The van der Waals surface area contributed by atoms with Gasteiger partial charge in [0, 0.05) is 17.8 Å². The lowest BCUT2D eigenvalue weighted by molar-refractivity contribution is -0.384. The van der Waals surface area contributed by atoms with Gasteiger partial charge in [0.15, 0.2) is 11.5 Å². The molecule has 2 rings (SSSR count). The summed E-state index contributed by atoms with van der Waals surface area (Å²) in [6, 6.07) is 7.96. The number of carbonyl (C=O) groups is 1. The zero-order chi connectivity index (χ0) is 20.7. The minimum Gasteiger partial charge on any atom is -0.494 e. The number of methoxy groups -OCH3 is 2. The molecule has 0 unspecified atom stereocenters. The highest BCUT2D eigenvalue weighted by molar-refractivity contribution is 5.95. The average molecular weight is 397 g/mol. The molecule has 0 fully saturated rings. The van der Waals surface area contributed by atoms with Crippen LogP contribution in [0.5, 0.6) is 17.2 Å². The van der Waals surface area contributed by atoms with Crippen molar-refractivity contribution in [2.75, 3.05) is 31.4 Å². The predicted octanol–water partition coefficient (Wildman–Crippen LogP) is 3.26. The molecule has 0 aliphatic rings. The highest BCUT2D eigenvalue weighted by Crippen LogP contribution is 2.32. The number of nitrogens with one attached hydrogen (secondary N) is 2. The number of carbonyl (C=O) groups excluding carboxylic acids is 1. The third-order valence-electron chi connectivity index (χ3n) is 3.50. The first-order valence-corrected chi connectivity index (χ1v) is 7.83. The summed E-state index contributed by atoms with van der Waals surface area (Å²) in [6.45, 7) is -3.23. The summed E-state index contributed by atoms with van der Waals surface area (Å²) in [5.74, 6) is -0.426. The first-order valence-electron chi connectivity index (χ1n) is 7.83. The van der Waals surface area contributed by atoms with Crippen molar-refractivity contribution in [3.05, 3.63) is 46.5 Å². The third-order valence-corrected chi connectivity index (χ3v) is 3.50. The number of nitro groups is 1. The number of nitro benzene ring substituents is 1. The summed E-state index contributed by atoms with van der Waals surface area (Å²) < 4.78 is 39.3. The van der Waals surface area contributed by atoms with Gasteiger partial charge in [0.05, 0.1) is 37.4 Å². The first-order chi connectivity index (χ1) is 13.3. The number of hydrogen-bond acceptors (Lipinski definition) is 7. The van der Waals surface area contributed by atoms with Gasteiger partial charge >= 0.3 is 6.61 Å². The topological polar surface area (TPSA) is 112 Å². The van der Waals surface area contributed by atoms with Crippen molar-refractivity contribution in [3.63, 3.8) is 0 Å². The highest BCUT2D eigenvalue weighted by Gasteiger charge is 2.14. The summed E-state index contributed by atoms with van der Waals surface area (Å²) in [5, 5.41) is 16.1. The molecule has 2 aromatic rings. The van der Waals surface area contributed by atoms with Crippen LogP contribution in [0.2, 0.25) is 0 Å². The van der Waals surface area contributed by atoms with Crippen LogP contribution in [0, 0.1) is 10.1 Å². The fourth-order valence-corrected chi connectivity index (χ4v) is 2.25. The molecule has 9 nitrogen and oxygen atoms in total. The second-order valence-electron chi connectivity index (χ2n) is 5.29. The molecule has 0 radical (unpaired) electrons. The zero-order valence-electron chi connectivity index (χ0n) is 14.9. The van der Waals surface area contributed by atoms with E-state index in [-0.39, 0.29) is 35.2 Å². The van der Waals surface area contributed by atoms with Crippen molar-refractivity contribution in [1.82, 2.24) is 0 Å². The lowest BCUT2D eigenvalue weighted by Gasteiger charge is -2.13. The third kappa shape index (κ3) is 5.43. The molecule has 0 spiro atoms. The second kappa shape index (κ2) is 9.35. The first kappa shape index (κ1) is 20.7. The molecule has 150 valence electrons. The molecule has 0 aliphatic heterocycles. The molecule has 0 saturated carbocycles. The fraction of sp³-hybridized carbons (Fsp3) is 0.235. The van der Waals surface area contributed by atoms with Gasteiger partial charge in [-0.1, -0.05) is 0 Å². The maximum atomic E-state index is 12.5. The summed E-state index contributed by atoms with van der Waals surface area (Å²) in [5.41, 5.74) is 0.413. The maximum absolute atomic E-state index is 12.5. The van der Waals surface area contributed by atoms with E-state index in [0.717, 1.165) is 0 Å². The van der Waals surface area contributed by atoms with E-state index in [1.807, 2.05) is 0 Å². The van der Waals surface area contributed by atoms with Crippen molar-refractivity contribution >= 4 is 23.0 Å². The lowest BCUT2D eigenvalue weighted by Crippen LogP contribution is -2.22. The van der Waals surface area contributed by atoms with Crippen LogP contribution in [0.3, 0.4) is 0 Å². The van der Waals surface area contributed by atoms with Crippen LogP contribution in [-0.4, -0.2) is 38.2 Å². The van der Waals surface area contributed by atoms with Crippen molar-refractivity contribution < 1.29 is 32.7 Å². The van der Waals surface area contributed by atoms with Crippen molar-refractivity contribution in [3.8, 4) is 17.2 Å². The number of nitrogens with zero attached hydrogens (tertiary/aromatic N) is 1. The van der Waals surface area contributed by atoms with E-state index < -0.39 is 17.4 Å². The van der Waals surface area contributed by atoms with Crippen molar-refractivity contribution in [1.29, 1.82) is 0 Å². The van der Waals surface area contributed by atoms with Crippen LogP contribution in [0.15, 0.2) is 36.4 Å². The Morgan fingerprint density at radius 2 is 1.82 bits per heavy atom. The van der Waals surface area contributed by atoms with Gasteiger partial charge in [-0.2, -0.15) is 8.78 Å². The molecule has 11 heteroatoms. The van der Waals surface area contributed by atoms with Gasteiger partial charge in [-0.3, -0.25) is 14.9 Å². The lowest BCUT2D eigenvalue weighted by atomic mass is 10.2. The molecule has 1 amide bonds. The molecular weight excluding hydrogens is 380 g/mol. The predicted molar refractivity (Wildman–Crippen MR) is 96.4 cm³/mol. The van der Waals surface area contributed by atoms with Crippen LogP contribution >= 0.6 is 0 Å². The van der Waals surface area contributed by atoms with Crippen LogP contribution < -0.4 is 24.8 Å². The van der Waals surface area contributed by atoms with Crippen LogP contribution in [0.4, 0.5) is 25.8 Å². The number of ether oxygens (including phenoxy) is 3. The van der Waals surface area contributed by atoms with Gasteiger partial charge in [0.25, 0.3) is 5.69 Å². The number of amides is 1.